The van der Waals surface area contributed by atoms with Crippen molar-refractivity contribution in [3.8, 4) is 11.8 Å². The third-order valence-corrected chi connectivity index (χ3v) is 2.28. The summed E-state index contributed by atoms with van der Waals surface area (Å²) < 4.78 is 5.59. The van der Waals surface area contributed by atoms with Crippen LogP contribution in [-0.2, 0) is 0 Å². The molecule has 1 aromatic heterocycles. The number of aromatic nitrogens is 1. The van der Waals surface area contributed by atoms with Crippen LogP contribution in [0.1, 0.15) is 18.5 Å². The zero-order valence-electron chi connectivity index (χ0n) is 7.68. The summed E-state index contributed by atoms with van der Waals surface area (Å²) >= 11 is 0. The largest absolute Gasteiger partial charge is 0.490 e. The Labute approximate surface area is 82.3 Å². The first-order chi connectivity index (χ1) is 6.78. The van der Waals surface area contributed by atoms with Crippen molar-refractivity contribution < 1.29 is 4.74 Å². The van der Waals surface area contributed by atoms with Crippen molar-refractivity contribution in [2.24, 2.45) is 5.73 Å². The highest BCUT2D eigenvalue weighted by Crippen LogP contribution is 2.24. The lowest BCUT2D eigenvalue weighted by Crippen LogP contribution is -2.43. The van der Waals surface area contributed by atoms with E-state index in [4.69, 9.17) is 15.7 Å². The molecule has 0 aliphatic heterocycles. The third-order valence-electron chi connectivity index (χ3n) is 2.28. The molecule has 0 bridgehead atoms. The van der Waals surface area contributed by atoms with E-state index in [1.54, 1.807) is 18.3 Å². The SMILES string of the molecule is N#Cc1cc(OC2CC(N)C2)ccn1. The highest BCUT2D eigenvalue weighted by Gasteiger charge is 2.27. The molecular formula is C10H11N3O. The van der Waals surface area contributed by atoms with Gasteiger partial charge in [-0.2, -0.15) is 5.26 Å². The van der Waals surface area contributed by atoms with Gasteiger partial charge in [0.1, 0.15) is 23.6 Å². The van der Waals surface area contributed by atoms with Crippen molar-refractivity contribution in [3.63, 3.8) is 0 Å². The summed E-state index contributed by atoms with van der Waals surface area (Å²) in [6, 6.07) is 5.64. The average Bonchev–Trinajstić information content (AvgIpc) is 2.16. The van der Waals surface area contributed by atoms with Crippen LogP contribution in [0.5, 0.6) is 5.75 Å². The fourth-order valence-electron chi connectivity index (χ4n) is 1.44. The van der Waals surface area contributed by atoms with Gasteiger partial charge >= 0.3 is 0 Å². The monoisotopic (exact) mass is 189 g/mol. The quantitative estimate of drug-likeness (QED) is 0.747. The number of nitriles is 1. The van der Waals surface area contributed by atoms with E-state index >= 15 is 0 Å². The number of hydrogen-bond donors (Lipinski definition) is 1. The second-order valence-electron chi connectivity index (χ2n) is 3.46. The molecular weight excluding hydrogens is 178 g/mol. The van der Waals surface area contributed by atoms with Crippen LogP contribution in [0, 0.1) is 11.3 Å². The first kappa shape index (κ1) is 8.97. The van der Waals surface area contributed by atoms with Gasteiger partial charge in [0, 0.05) is 18.3 Å². The summed E-state index contributed by atoms with van der Waals surface area (Å²) in [5.74, 6) is 0.702. The van der Waals surface area contributed by atoms with Crippen molar-refractivity contribution in [1.82, 2.24) is 4.98 Å². The summed E-state index contributed by atoms with van der Waals surface area (Å²) in [6.07, 6.45) is 3.57. The first-order valence-corrected chi connectivity index (χ1v) is 4.56. The van der Waals surface area contributed by atoms with Gasteiger partial charge < -0.3 is 10.5 Å². The van der Waals surface area contributed by atoms with E-state index in [1.165, 1.54) is 0 Å². The lowest BCUT2D eigenvalue weighted by Gasteiger charge is -2.32. The van der Waals surface area contributed by atoms with Gasteiger partial charge in [-0.1, -0.05) is 0 Å². The lowest BCUT2D eigenvalue weighted by atomic mass is 9.90. The van der Waals surface area contributed by atoms with Crippen LogP contribution in [0.25, 0.3) is 0 Å². The molecule has 14 heavy (non-hydrogen) atoms. The zero-order chi connectivity index (χ0) is 9.97. The summed E-state index contributed by atoms with van der Waals surface area (Å²) in [5.41, 5.74) is 6.01. The first-order valence-electron chi connectivity index (χ1n) is 4.56. The van der Waals surface area contributed by atoms with E-state index in [0.717, 1.165) is 12.8 Å². The predicted octanol–water partition coefficient (Wildman–Crippen LogP) is 0.822. The summed E-state index contributed by atoms with van der Waals surface area (Å²) in [7, 11) is 0. The average molecular weight is 189 g/mol. The molecule has 72 valence electrons. The second-order valence-corrected chi connectivity index (χ2v) is 3.46. The Morgan fingerprint density at radius 2 is 2.36 bits per heavy atom. The molecule has 2 N–H and O–H groups in total. The smallest absolute Gasteiger partial charge is 0.144 e. The Morgan fingerprint density at radius 1 is 1.57 bits per heavy atom. The Hall–Kier alpha value is -1.60. The van der Waals surface area contributed by atoms with Gasteiger partial charge in [-0.3, -0.25) is 0 Å². The molecule has 1 aliphatic rings. The number of rotatable bonds is 2. The Morgan fingerprint density at radius 3 is 3.00 bits per heavy atom. The maximum atomic E-state index is 8.62. The second kappa shape index (κ2) is 3.64. The lowest BCUT2D eigenvalue weighted by molar-refractivity contribution is 0.101. The van der Waals surface area contributed by atoms with Crippen molar-refractivity contribution in [3.05, 3.63) is 24.0 Å². The molecule has 4 nitrogen and oxygen atoms in total. The fourth-order valence-corrected chi connectivity index (χ4v) is 1.44. The van der Waals surface area contributed by atoms with Crippen LogP contribution in [-0.4, -0.2) is 17.1 Å². The van der Waals surface area contributed by atoms with E-state index in [2.05, 4.69) is 4.98 Å². The van der Waals surface area contributed by atoms with Crippen LogP contribution in [0.15, 0.2) is 18.3 Å². The fraction of sp³-hybridized carbons (Fsp3) is 0.400. The van der Waals surface area contributed by atoms with E-state index in [0.29, 0.717) is 11.4 Å². The predicted molar refractivity (Wildman–Crippen MR) is 50.6 cm³/mol. The third kappa shape index (κ3) is 1.83. The molecule has 1 heterocycles. The van der Waals surface area contributed by atoms with Crippen LogP contribution in [0.3, 0.4) is 0 Å². The minimum Gasteiger partial charge on any atom is -0.490 e. The van der Waals surface area contributed by atoms with Gasteiger partial charge in [-0.15, -0.1) is 0 Å². The van der Waals surface area contributed by atoms with Crippen molar-refractivity contribution in [1.29, 1.82) is 5.26 Å². The topological polar surface area (TPSA) is 71.9 Å². The number of nitrogens with two attached hydrogens (primary N) is 1. The molecule has 0 atom stereocenters. The molecule has 1 fully saturated rings. The van der Waals surface area contributed by atoms with Crippen molar-refractivity contribution in [2.45, 2.75) is 25.0 Å². The van der Waals surface area contributed by atoms with Crippen LogP contribution in [0.2, 0.25) is 0 Å². The molecule has 0 unspecified atom stereocenters. The molecule has 0 spiro atoms. The minimum absolute atomic E-state index is 0.207. The van der Waals surface area contributed by atoms with E-state index in [1.807, 2.05) is 6.07 Å². The standard InChI is InChI=1S/C10H11N3O/c11-6-8-5-9(1-2-13-8)14-10-3-7(12)4-10/h1-2,5,7,10H,3-4,12H2. The van der Waals surface area contributed by atoms with E-state index in [-0.39, 0.29) is 12.1 Å². The van der Waals surface area contributed by atoms with E-state index in [9.17, 15) is 0 Å². The highest BCUT2D eigenvalue weighted by atomic mass is 16.5. The van der Waals surface area contributed by atoms with Crippen molar-refractivity contribution in [2.75, 3.05) is 0 Å². The van der Waals surface area contributed by atoms with Gasteiger partial charge in [0.05, 0.1) is 0 Å². The number of ether oxygens (including phenoxy) is 1. The molecule has 0 saturated heterocycles. The van der Waals surface area contributed by atoms with Gasteiger partial charge in [-0.05, 0) is 18.9 Å². The number of pyridine rings is 1. The van der Waals surface area contributed by atoms with Crippen molar-refractivity contribution >= 4 is 0 Å². The van der Waals surface area contributed by atoms with Gasteiger partial charge in [0.2, 0.25) is 0 Å². The molecule has 4 heteroatoms. The van der Waals surface area contributed by atoms with E-state index < -0.39 is 0 Å². The molecule has 0 radical (unpaired) electrons. The molecule has 0 amide bonds. The van der Waals surface area contributed by atoms with Gasteiger partial charge in [0.25, 0.3) is 0 Å². The molecule has 0 aromatic carbocycles. The van der Waals surface area contributed by atoms with Gasteiger partial charge in [0.15, 0.2) is 0 Å². The zero-order valence-corrected chi connectivity index (χ0v) is 7.68. The van der Waals surface area contributed by atoms with Crippen LogP contribution < -0.4 is 10.5 Å². The van der Waals surface area contributed by atoms with Gasteiger partial charge in [-0.25, -0.2) is 4.98 Å². The minimum atomic E-state index is 0.207. The molecule has 1 saturated carbocycles. The molecule has 1 aromatic rings. The van der Waals surface area contributed by atoms with Crippen LogP contribution >= 0.6 is 0 Å². The Bertz CT molecular complexity index is 366. The Kier molecular flexibility index (Phi) is 2.33. The Balaban J connectivity index is 2.00. The normalized spacial score (nSPS) is 24.9. The number of nitrogens with zero attached hydrogens (tertiary/aromatic N) is 2. The number of hydrogen-bond acceptors (Lipinski definition) is 4. The maximum Gasteiger partial charge on any atom is 0.144 e. The summed E-state index contributed by atoms with van der Waals surface area (Å²) in [5, 5.41) is 8.62. The maximum absolute atomic E-state index is 8.62. The highest BCUT2D eigenvalue weighted by molar-refractivity contribution is 5.30. The summed E-state index contributed by atoms with van der Waals surface area (Å²) in [6.45, 7) is 0. The van der Waals surface area contributed by atoms with Crippen LogP contribution in [0.4, 0.5) is 0 Å². The molecule has 1 aliphatic carbocycles. The molecule has 2 rings (SSSR count). The summed E-state index contributed by atoms with van der Waals surface area (Å²) in [4.78, 5) is 3.86.